The molecule has 1 nitrogen and oxygen atoms in total. The van der Waals surface area contributed by atoms with Crippen molar-refractivity contribution in [2.24, 2.45) is 0 Å². The Morgan fingerprint density at radius 3 is 2.30 bits per heavy atom. The zero-order chi connectivity index (χ0) is 6.85. The van der Waals surface area contributed by atoms with Crippen LogP contribution in [-0.2, 0) is 0 Å². The van der Waals surface area contributed by atoms with E-state index in [2.05, 4.69) is 13.0 Å². The highest BCUT2D eigenvalue weighted by Gasteiger charge is 1.92. The van der Waals surface area contributed by atoms with Crippen molar-refractivity contribution >= 4 is 5.69 Å². The number of halogens is 1. The standard InChI is InChI=1S/C8H11N.BrH/c1-6-4-3-5-8(9)7(6)2;/h3-5H,9H2,1-2H3;1H. The lowest BCUT2D eigenvalue weighted by Gasteiger charge is -2.00. The van der Waals surface area contributed by atoms with Crippen LogP contribution in [-0.4, -0.2) is 0 Å². The van der Waals surface area contributed by atoms with Gasteiger partial charge in [-0.3, -0.25) is 0 Å². The Hall–Kier alpha value is -0.500. The smallest absolute Gasteiger partial charge is 1.00 e. The molecule has 0 amide bonds. The molecule has 10 heavy (non-hydrogen) atoms. The summed E-state index contributed by atoms with van der Waals surface area (Å²) in [5.74, 6) is 0. The van der Waals surface area contributed by atoms with Crippen molar-refractivity contribution in [1.82, 2.24) is 0 Å². The van der Waals surface area contributed by atoms with Gasteiger partial charge in [-0.2, -0.15) is 0 Å². The topological polar surface area (TPSA) is 26.0 Å². The average Bonchev–Trinajstić information content (AvgIpc) is 1.83. The maximum absolute atomic E-state index is 5.62. The molecule has 0 aliphatic heterocycles. The number of nitrogens with two attached hydrogens (primary N) is 1. The molecule has 0 fully saturated rings. The van der Waals surface area contributed by atoms with Crippen molar-refractivity contribution in [2.75, 3.05) is 5.73 Å². The summed E-state index contributed by atoms with van der Waals surface area (Å²) in [7, 11) is 0. The molecule has 1 aromatic carbocycles. The Morgan fingerprint density at radius 1 is 1.30 bits per heavy atom. The van der Waals surface area contributed by atoms with E-state index in [4.69, 9.17) is 5.73 Å². The van der Waals surface area contributed by atoms with Gasteiger partial charge < -0.3 is 22.7 Å². The van der Waals surface area contributed by atoms with Crippen LogP contribution in [0.4, 0.5) is 5.69 Å². The van der Waals surface area contributed by atoms with Gasteiger partial charge in [0.25, 0.3) is 0 Å². The van der Waals surface area contributed by atoms with Crippen LogP contribution < -0.4 is 22.7 Å². The molecular formula is C8H12BrN. The van der Waals surface area contributed by atoms with Gasteiger partial charge in [-0.25, -0.2) is 0 Å². The number of benzene rings is 1. The lowest BCUT2D eigenvalue weighted by atomic mass is 10.1. The monoisotopic (exact) mass is 201 g/mol. The van der Waals surface area contributed by atoms with Crippen LogP contribution in [0, 0.1) is 13.8 Å². The van der Waals surface area contributed by atoms with Gasteiger partial charge in [0.15, 0.2) is 0 Å². The number of aryl methyl sites for hydroxylation is 1. The zero-order valence-electron chi connectivity index (χ0n) is 7.19. The highest BCUT2D eigenvalue weighted by atomic mass is 79.9. The van der Waals surface area contributed by atoms with Crippen LogP contribution in [0.2, 0.25) is 0 Å². The molecule has 56 valence electrons. The van der Waals surface area contributed by atoms with Gasteiger partial charge in [0, 0.05) is 5.69 Å². The van der Waals surface area contributed by atoms with Gasteiger partial charge in [-0.1, -0.05) is 12.1 Å². The van der Waals surface area contributed by atoms with Gasteiger partial charge in [-0.05, 0) is 31.0 Å². The summed E-state index contributed by atoms with van der Waals surface area (Å²) in [6.07, 6.45) is 0. The predicted molar refractivity (Wildman–Crippen MR) is 41.4 cm³/mol. The molecule has 0 atom stereocenters. The lowest BCUT2D eigenvalue weighted by molar-refractivity contribution is -0.00000201. The predicted octanol–water partition coefficient (Wildman–Crippen LogP) is -0.998. The maximum Gasteiger partial charge on any atom is 1.00 e. The van der Waals surface area contributed by atoms with E-state index >= 15 is 0 Å². The number of rotatable bonds is 0. The van der Waals surface area contributed by atoms with E-state index < -0.39 is 0 Å². The van der Waals surface area contributed by atoms with Crippen LogP contribution in [0.15, 0.2) is 18.2 Å². The zero-order valence-corrected chi connectivity index (χ0v) is 7.77. The van der Waals surface area contributed by atoms with Gasteiger partial charge >= 0.3 is 1.43 Å². The Morgan fingerprint density at radius 2 is 1.90 bits per heavy atom. The van der Waals surface area contributed by atoms with Crippen LogP contribution >= 0.6 is 0 Å². The van der Waals surface area contributed by atoms with E-state index in [1.54, 1.807) is 0 Å². The van der Waals surface area contributed by atoms with Crippen LogP contribution in [0.25, 0.3) is 0 Å². The number of hydrogen-bond acceptors (Lipinski definition) is 1. The Kier molecular flexibility index (Phi) is 3.43. The second-order valence-electron chi connectivity index (χ2n) is 2.29. The van der Waals surface area contributed by atoms with Gasteiger partial charge in [0.1, 0.15) is 0 Å². The van der Waals surface area contributed by atoms with Crippen molar-refractivity contribution in [3.63, 3.8) is 0 Å². The molecule has 0 spiro atoms. The molecule has 0 aromatic heterocycles. The molecule has 0 saturated heterocycles. The molecule has 0 aliphatic carbocycles. The normalized spacial score (nSPS) is 8.60. The molecule has 0 saturated carbocycles. The minimum Gasteiger partial charge on any atom is -1.00 e. The molecule has 0 radical (unpaired) electrons. The van der Waals surface area contributed by atoms with E-state index in [9.17, 15) is 0 Å². The molecule has 1 rings (SSSR count). The van der Waals surface area contributed by atoms with E-state index in [0.29, 0.717) is 0 Å². The quantitative estimate of drug-likeness (QED) is 0.537. The summed E-state index contributed by atoms with van der Waals surface area (Å²) in [6, 6.07) is 5.95. The first-order valence-corrected chi connectivity index (χ1v) is 3.03. The fourth-order valence-electron chi connectivity index (χ4n) is 0.774. The first-order chi connectivity index (χ1) is 4.22. The Balaban J connectivity index is 0. The van der Waals surface area contributed by atoms with Gasteiger partial charge in [-0.15, -0.1) is 0 Å². The third kappa shape index (κ3) is 1.74. The molecule has 2 heteroatoms. The number of anilines is 1. The SMILES string of the molecule is Cc1cccc(N)c1C.[Br-].[H+]. The Labute approximate surface area is 73.5 Å². The van der Waals surface area contributed by atoms with Crippen LogP contribution in [0.5, 0.6) is 0 Å². The minimum absolute atomic E-state index is 0. The summed E-state index contributed by atoms with van der Waals surface area (Å²) in [5, 5.41) is 0. The van der Waals surface area contributed by atoms with Gasteiger partial charge in [0.2, 0.25) is 0 Å². The van der Waals surface area contributed by atoms with E-state index in [1.165, 1.54) is 11.1 Å². The number of hydrogen-bond donors (Lipinski definition) is 1. The minimum atomic E-state index is 0. The van der Waals surface area contributed by atoms with Crippen LogP contribution in [0.3, 0.4) is 0 Å². The van der Waals surface area contributed by atoms with E-state index in [1.807, 2.05) is 19.1 Å². The first-order valence-electron chi connectivity index (χ1n) is 3.03. The molecule has 0 aliphatic rings. The molecule has 0 heterocycles. The van der Waals surface area contributed by atoms with Crippen molar-refractivity contribution in [3.8, 4) is 0 Å². The molecule has 0 unspecified atom stereocenters. The highest BCUT2D eigenvalue weighted by Crippen LogP contribution is 2.13. The van der Waals surface area contributed by atoms with Gasteiger partial charge in [0.05, 0.1) is 0 Å². The van der Waals surface area contributed by atoms with Crippen LogP contribution in [0.1, 0.15) is 12.6 Å². The van der Waals surface area contributed by atoms with Crippen molar-refractivity contribution in [2.45, 2.75) is 13.8 Å². The summed E-state index contributed by atoms with van der Waals surface area (Å²) in [5.41, 5.74) is 8.96. The third-order valence-electron chi connectivity index (χ3n) is 1.65. The fourth-order valence-corrected chi connectivity index (χ4v) is 0.774. The van der Waals surface area contributed by atoms with Crippen molar-refractivity contribution < 1.29 is 18.4 Å². The van der Waals surface area contributed by atoms with Crippen molar-refractivity contribution in [1.29, 1.82) is 0 Å². The summed E-state index contributed by atoms with van der Waals surface area (Å²) in [4.78, 5) is 0. The van der Waals surface area contributed by atoms with Crippen molar-refractivity contribution in [3.05, 3.63) is 29.3 Å². The van der Waals surface area contributed by atoms with E-state index in [0.717, 1.165) is 5.69 Å². The largest absolute Gasteiger partial charge is 1.00 e. The van der Waals surface area contributed by atoms with E-state index in [-0.39, 0.29) is 18.4 Å². The number of nitrogen functional groups attached to an aromatic ring is 1. The first kappa shape index (κ1) is 9.50. The second kappa shape index (κ2) is 3.62. The molecule has 0 bridgehead atoms. The second-order valence-corrected chi connectivity index (χ2v) is 2.29. The third-order valence-corrected chi connectivity index (χ3v) is 1.65. The molecular weight excluding hydrogens is 190 g/mol. The Bertz CT molecular complexity index is 205. The summed E-state index contributed by atoms with van der Waals surface area (Å²) in [6.45, 7) is 4.09. The fraction of sp³-hybridized carbons (Fsp3) is 0.250. The summed E-state index contributed by atoms with van der Waals surface area (Å²) >= 11 is 0. The highest BCUT2D eigenvalue weighted by molar-refractivity contribution is 5.49. The average molecular weight is 202 g/mol. The lowest BCUT2D eigenvalue weighted by Crippen LogP contribution is -3.00. The molecule has 2 N–H and O–H groups in total. The molecule has 1 aromatic rings. The maximum atomic E-state index is 5.62. The summed E-state index contributed by atoms with van der Waals surface area (Å²) < 4.78 is 0.